The van der Waals surface area contributed by atoms with E-state index in [2.05, 4.69) is 21.2 Å². The molecule has 19 heavy (non-hydrogen) atoms. The fourth-order valence-electron chi connectivity index (χ4n) is 1.60. The van der Waals surface area contributed by atoms with E-state index < -0.39 is 0 Å². The van der Waals surface area contributed by atoms with E-state index in [1.165, 1.54) is 12.1 Å². The molecule has 4 nitrogen and oxygen atoms in total. The minimum absolute atomic E-state index is 0.0551. The first-order chi connectivity index (χ1) is 9.08. The third-order valence-electron chi connectivity index (χ3n) is 2.47. The van der Waals surface area contributed by atoms with Crippen LogP contribution < -0.4 is 10.1 Å². The van der Waals surface area contributed by atoms with Crippen molar-refractivity contribution in [2.24, 2.45) is 0 Å². The number of amides is 1. The largest absolute Gasteiger partial charge is 0.508 e. The summed E-state index contributed by atoms with van der Waals surface area (Å²) in [6.07, 6.45) is 0. The summed E-state index contributed by atoms with van der Waals surface area (Å²) in [5.74, 6) is 0.399. The van der Waals surface area contributed by atoms with Crippen LogP contribution in [0.15, 0.2) is 46.9 Å². The van der Waals surface area contributed by atoms with Crippen molar-refractivity contribution >= 4 is 27.5 Å². The van der Waals surface area contributed by atoms with E-state index in [1.807, 2.05) is 0 Å². The van der Waals surface area contributed by atoms with Crippen LogP contribution in [0.4, 0.5) is 5.69 Å². The first kappa shape index (κ1) is 13.4. The highest BCUT2D eigenvalue weighted by atomic mass is 79.9. The molecule has 0 aromatic heterocycles. The quantitative estimate of drug-likeness (QED) is 0.910. The van der Waals surface area contributed by atoms with Gasteiger partial charge in [-0.15, -0.1) is 0 Å². The lowest BCUT2D eigenvalue weighted by Crippen LogP contribution is -2.11. The lowest BCUT2D eigenvalue weighted by atomic mass is 10.2. The maximum atomic E-state index is 12.0. The number of anilines is 1. The van der Waals surface area contributed by atoms with Crippen molar-refractivity contribution in [2.45, 2.75) is 0 Å². The van der Waals surface area contributed by atoms with Crippen LogP contribution in [0.2, 0.25) is 0 Å². The molecule has 2 N–H and O–H groups in total. The standard InChI is InChI=1S/C14H12BrNO3/c1-19-13-7-10(15)6-11(8-13)16-14(18)9-3-2-4-12(17)5-9/h2-8,17H,1H3,(H,16,18). The van der Waals surface area contributed by atoms with Crippen LogP contribution in [-0.4, -0.2) is 18.1 Å². The van der Waals surface area contributed by atoms with E-state index in [1.54, 1.807) is 37.4 Å². The van der Waals surface area contributed by atoms with Crippen molar-refractivity contribution in [3.8, 4) is 11.5 Å². The summed E-state index contributed by atoms with van der Waals surface area (Å²) in [6, 6.07) is 11.4. The Hall–Kier alpha value is -2.01. The van der Waals surface area contributed by atoms with Crippen LogP contribution in [0.1, 0.15) is 10.4 Å². The van der Waals surface area contributed by atoms with Crippen molar-refractivity contribution in [3.05, 3.63) is 52.5 Å². The van der Waals surface area contributed by atoms with Crippen molar-refractivity contribution in [3.63, 3.8) is 0 Å². The van der Waals surface area contributed by atoms with Crippen LogP contribution in [-0.2, 0) is 0 Å². The second-order valence-electron chi connectivity index (χ2n) is 3.88. The van der Waals surface area contributed by atoms with Crippen molar-refractivity contribution in [2.75, 3.05) is 12.4 Å². The minimum Gasteiger partial charge on any atom is -0.508 e. The van der Waals surface area contributed by atoms with Gasteiger partial charge in [-0.1, -0.05) is 22.0 Å². The van der Waals surface area contributed by atoms with Gasteiger partial charge in [-0.2, -0.15) is 0 Å². The molecule has 5 heteroatoms. The van der Waals surface area contributed by atoms with E-state index >= 15 is 0 Å². The van der Waals surface area contributed by atoms with E-state index in [0.29, 0.717) is 17.0 Å². The molecule has 2 aromatic carbocycles. The summed E-state index contributed by atoms with van der Waals surface area (Å²) < 4.78 is 5.92. The maximum Gasteiger partial charge on any atom is 0.255 e. The third kappa shape index (κ3) is 3.48. The maximum absolute atomic E-state index is 12.0. The topological polar surface area (TPSA) is 58.6 Å². The highest BCUT2D eigenvalue weighted by molar-refractivity contribution is 9.10. The van der Waals surface area contributed by atoms with Crippen LogP contribution in [0, 0.1) is 0 Å². The fourth-order valence-corrected chi connectivity index (χ4v) is 2.08. The Morgan fingerprint density at radius 2 is 2.05 bits per heavy atom. The average molecular weight is 322 g/mol. The number of ether oxygens (including phenoxy) is 1. The molecular formula is C14H12BrNO3. The summed E-state index contributed by atoms with van der Waals surface area (Å²) in [7, 11) is 1.56. The summed E-state index contributed by atoms with van der Waals surface area (Å²) in [6.45, 7) is 0. The van der Waals surface area contributed by atoms with Gasteiger partial charge in [-0.05, 0) is 30.3 Å². The number of aromatic hydroxyl groups is 1. The number of hydrogen-bond donors (Lipinski definition) is 2. The molecule has 0 aliphatic carbocycles. The molecule has 0 aliphatic heterocycles. The zero-order valence-corrected chi connectivity index (χ0v) is 11.8. The molecule has 0 aliphatic rings. The molecule has 0 heterocycles. The minimum atomic E-state index is -0.295. The smallest absolute Gasteiger partial charge is 0.255 e. The molecule has 2 rings (SSSR count). The summed E-state index contributed by atoms with van der Waals surface area (Å²) in [5.41, 5.74) is 0.999. The molecule has 0 atom stereocenters. The Balaban J connectivity index is 2.21. The van der Waals surface area contributed by atoms with Gasteiger partial charge in [0.15, 0.2) is 0 Å². The summed E-state index contributed by atoms with van der Waals surface area (Å²) >= 11 is 3.34. The number of nitrogens with one attached hydrogen (secondary N) is 1. The van der Waals surface area contributed by atoms with E-state index in [9.17, 15) is 9.90 Å². The molecular weight excluding hydrogens is 310 g/mol. The molecule has 0 spiro atoms. The second kappa shape index (κ2) is 5.75. The predicted molar refractivity (Wildman–Crippen MR) is 76.8 cm³/mol. The molecule has 0 saturated carbocycles. The summed E-state index contributed by atoms with van der Waals surface area (Å²) in [5, 5.41) is 12.1. The monoisotopic (exact) mass is 321 g/mol. The Morgan fingerprint density at radius 3 is 2.74 bits per heavy atom. The van der Waals surface area contributed by atoms with Crippen LogP contribution >= 0.6 is 15.9 Å². The zero-order chi connectivity index (χ0) is 13.8. The molecule has 2 aromatic rings. The molecule has 0 unspecified atom stereocenters. The molecule has 0 fully saturated rings. The van der Waals surface area contributed by atoms with Gasteiger partial charge in [0, 0.05) is 21.8 Å². The van der Waals surface area contributed by atoms with Gasteiger partial charge in [-0.25, -0.2) is 0 Å². The van der Waals surface area contributed by atoms with E-state index in [0.717, 1.165) is 4.47 Å². The number of carbonyl (C=O) groups is 1. The van der Waals surface area contributed by atoms with Gasteiger partial charge >= 0.3 is 0 Å². The molecule has 0 radical (unpaired) electrons. The number of methoxy groups -OCH3 is 1. The average Bonchev–Trinajstić information content (AvgIpc) is 2.38. The third-order valence-corrected chi connectivity index (χ3v) is 2.93. The van der Waals surface area contributed by atoms with Crippen LogP contribution in [0.25, 0.3) is 0 Å². The summed E-state index contributed by atoms with van der Waals surface area (Å²) in [4.78, 5) is 12.0. The molecule has 0 saturated heterocycles. The van der Waals surface area contributed by atoms with Crippen LogP contribution in [0.5, 0.6) is 11.5 Å². The van der Waals surface area contributed by atoms with Crippen molar-refractivity contribution in [1.82, 2.24) is 0 Å². The molecule has 0 bridgehead atoms. The number of phenols is 1. The van der Waals surface area contributed by atoms with E-state index in [-0.39, 0.29) is 11.7 Å². The van der Waals surface area contributed by atoms with Gasteiger partial charge in [0.2, 0.25) is 0 Å². The van der Waals surface area contributed by atoms with Crippen LogP contribution in [0.3, 0.4) is 0 Å². The number of halogens is 1. The second-order valence-corrected chi connectivity index (χ2v) is 4.80. The Labute approximate surface area is 119 Å². The Kier molecular flexibility index (Phi) is 4.06. The molecule has 98 valence electrons. The lowest BCUT2D eigenvalue weighted by molar-refractivity contribution is 0.102. The van der Waals surface area contributed by atoms with E-state index in [4.69, 9.17) is 4.74 Å². The lowest BCUT2D eigenvalue weighted by Gasteiger charge is -2.08. The van der Waals surface area contributed by atoms with Gasteiger partial charge < -0.3 is 15.2 Å². The normalized spacial score (nSPS) is 10.0. The van der Waals surface area contributed by atoms with Gasteiger partial charge in [0.05, 0.1) is 7.11 Å². The Morgan fingerprint density at radius 1 is 1.26 bits per heavy atom. The SMILES string of the molecule is COc1cc(Br)cc(NC(=O)c2cccc(O)c2)c1. The van der Waals surface area contributed by atoms with Crippen molar-refractivity contribution in [1.29, 1.82) is 0 Å². The number of carbonyl (C=O) groups excluding carboxylic acids is 1. The van der Waals surface area contributed by atoms with Gasteiger partial charge in [-0.3, -0.25) is 4.79 Å². The highest BCUT2D eigenvalue weighted by Crippen LogP contribution is 2.25. The predicted octanol–water partition coefficient (Wildman–Crippen LogP) is 3.42. The molecule has 1 amide bonds. The van der Waals surface area contributed by atoms with Crippen molar-refractivity contribution < 1.29 is 14.6 Å². The highest BCUT2D eigenvalue weighted by Gasteiger charge is 2.08. The number of hydrogen-bond acceptors (Lipinski definition) is 3. The first-order valence-corrected chi connectivity index (χ1v) is 6.33. The first-order valence-electron chi connectivity index (χ1n) is 5.53. The van der Waals surface area contributed by atoms with Gasteiger partial charge in [0.1, 0.15) is 11.5 Å². The number of benzene rings is 2. The fraction of sp³-hybridized carbons (Fsp3) is 0.0714. The Bertz CT molecular complexity index is 613. The zero-order valence-electron chi connectivity index (χ0n) is 10.2. The van der Waals surface area contributed by atoms with Gasteiger partial charge in [0.25, 0.3) is 5.91 Å². The number of rotatable bonds is 3. The number of phenolic OH excluding ortho intramolecular Hbond substituents is 1.